The molecule has 0 bridgehead atoms. The smallest absolute Gasteiger partial charge is 0.246 e. The average molecular weight is 360 g/mol. The fourth-order valence-corrected chi connectivity index (χ4v) is 2.98. The summed E-state index contributed by atoms with van der Waals surface area (Å²) in [6, 6.07) is 9.84. The van der Waals surface area contributed by atoms with Gasteiger partial charge in [-0.3, -0.25) is 4.79 Å². The van der Waals surface area contributed by atoms with Gasteiger partial charge in [0.1, 0.15) is 23.4 Å². The van der Waals surface area contributed by atoms with Gasteiger partial charge in [-0.25, -0.2) is 8.78 Å². The van der Waals surface area contributed by atoms with E-state index in [0.717, 1.165) is 36.4 Å². The maximum absolute atomic E-state index is 13.6. The second-order valence-corrected chi connectivity index (χ2v) is 6.53. The molecular weight excluding hydrogens is 338 g/mol. The zero-order valence-electron chi connectivity index (χ0n) is 14.6. The predicted molar refractivity (Wildman–Crippen MR) is 97.4 cm³/mol. The molecule has 4 nitrogen and oxygen atoms in total. The number of halogens is 2. The first kappa shape index (κ1) is 18.2. The average Bonchev–Trinajstić information content (AvgIpc) is 3.12. The molecule has 6 heteroatoms. The summed E-state index contributed by atoms with van der Waals surface area (Å²) in [6.45, 7) is 1.67. The molecule has 26 heavy (non-hydrogen) atoms. The molecule has 0 aromatic heterocycles. The quantitative estimate of drug-likeness (QED) is 0.783. The van der Waals surface area contributed by atoms with Crippen LogP contribution < -0.4 is 15.4 Å². The fourth-order valence-electron chi connectivity index (χ4n) is 2.98. The van der Waals surface area contributed by atoms with Crippen molar-refractivity contribution < 1.29 is 18.3 Å². The third-order valence-electron chi connectivity index (χ3n) is 4.42. The summed E-state index contributed by atoms with van der Waals surface area (Å²) in [5.41, 5.74) is 0.705. The molecule has 1 unspecified atom stereocenters. The van der Waals surface area contributed by atoms with Crippen LogP contribution in [0.4, 0.5) is 20.2 Å². The minimum Gasteiger partial charge on any atom is -0.490 e. The Balaban J connectivity index is 1.54. The lowest BCUT2D eigenvalue weighted by atomic mass is 10.2. The van der Waals surface area contributed by atoms with E-state index < -0.39 is 23.6 Å². The summed E-state index contributed by atoms with van der Waals surface area (Å²) < 4.78 is 32.4. The van der Waals surface area contributed by atoms with Crippen LogP contribution >= 0.6 is 0 Å². The molecule has 0 radical (unpaired) electrons. The lowest BCUT2D eigenvalue weighted by molar-refractivity contribution is -0.116. The molecular formula is C20H22F2N2O2. The Labute approximate surface area is 151 Å². The molecule has 0 spiro atoms. The van der Waals surface area contributed by atoms with Crippen molar-refractivity contribution in [1.29, 1.82) is 0 Å². The first-order valence-corrected chi connectivity index (χ1v) is 8.80. The second-order valence-electron chi connectivity index (χ2n) is 6.53. The number of carbonyl (C=O) groups is 1. The topological polar surface area (TPSA) is 50.4 Å². The molecule has 0 aliphatic heterocycles. The summed E-state index contributed by atoms with van der Waals surface area (Å²) >= 11 is 0. The van der Waals surface area contributed by atoms with Gasteiger partial charge in [0.15, 0.2) is 0 Å². The Bertz CT molecular complexity index is 759. The first-order valence-electron chi connectivity index (χ1n) is 8.80. The summed E-state index contributed by atoms with van der Waals surface area (Å²) in [6.07, 6.45) is 4.91. The van der Waals surface area contributed by atoms with E-state index in [2.05, 4.69) is 10.6 Å². The Hall–Kier alpha value is -2.63. The van der Waals surface area contributed by atoms with Crippen molar-refractivity contribution in [3.8, 4) is 5.75 Å². The second kappa shape index (κ2) is 8.17. The van der Waals surface area contributed by atoms with E-state index in [1.807, 2.05) is 24.3 Å². The molecule has 1 atom stereocenters. The van der Waals surface area contributed by atoms with Crippen LogP contribution in [0, 0.1) is 11.6 Å². The van der Waals surface area contributed by atoms with Gasteiger partial charge in [0.05, 0.1) is 11.8 Å². The number of nitrogens with one attached hydrogen (secondary N) is 2. The summed E-state index contributed by atoms with van der Waals surface area (Å²) in [5, 5.41) is 5.50. The van der Waals surface area contributed by atoms with Gasteiger partial charge in [0.25, 0.3) is 0 Å². The molecule has 3 rings (SSSR count). The Morgan fingerprint density at radius 3 is 2.46 bits per heavy atom. The van der Waals surface area contributed by atoms with Gasteiger partial charge in [-0.1, -0.05) is 0 Å². The van der Waals surface area contributed by atoms with Crippen molar-refractivity contribution in [3.05, 3.63) is 54.1 Å². The zero-order valence-corrected chi connectivity index (χ0v) is 14.6. The molecule has 2 aromatic carbocycles. The number of amides is 1. The van der Waals surface area contributed by atoms with Crippen LogP contribution in [-0.4, -0.2) is 18.1 Å². The van der Waals surface area contributed by atoms with Crippen LogP contribution in [0.1, 0.15) is 32.6 Å². The van der Waals surface area contributed by atoms with Gasteiger partial charge in [-0.05, 0) is 69.0 Å². The normalized spacial score (nSPS) is 15.5. The number of anilines is 2. The standard InChI is InChI=1S/C20H22F2N2O2/c1-13(20(25)24-19-11-6-14(21)12-18(19)22)23-15-7-9-17(10-8-15)26-16-4-2-3-5-16/h6-13,16,23H,2-5H2,1H3,(H,24,25). The minimum atomic E-state index is -0.807. The van der Waals surface area contributed by atoms with Crippen LogP contribution in [0.2, 0.25) is 0 Å². The van der Waals surface area contributed by atoms with Crippen molar-refractivity contribution in [2.24, 2.45) is 0 Å². The van der Waals surface area contributed by atoms with Gasteiger partial charge >= 0.3 is 0 Å². The van der Waals surface area contributed by atoms with Crippen LogP contribution in [0.5, 0.6) is 5.75 Å². The van der Waals surface area contributed by atoms with E-state index in [4.69, 9.17) is 4.74 Å². The van der Waals surface area contributed by atoms with E-state index in [-0.39, 0.29) is 5.69 Å². The van der Waals surface area contributed by atoms with Crippen molar-refractivity contribution in [2.75, 3.05) is 10.6 Å². The highest BCUT2D eigenvalue weighted by atomic mass is 19.1. The van der Waals surface area contributed by atoms with Crippen molar-refractivity contribution in [2.45, 2.75) is 44.8 Å². The molecule has 1 saturated carbocycles. The highest BCUT2D eigenvalue weighted by molar-refractivity contribution is 5.96. The summed E-state index contributed by atoms with van der Waals surface area (Å²) in [4.78, 5) is 12.2. The largest absolute Gasteiger partial charge is 0.490 e. The van der Waals surface area contributed by atoms with E-state index in [0.29, 0.717) is 6.10 Å². The lowest BCUT2D eigenvalue weighted by Gasteiger charge is -2.17. The van der Waals surface area contributed by atoms with Gasteiger partial charge in [0, 0.05) is 11.8 Å². The van der Waals surface area contributed by atoms with Gasteiger partial charge in [-0.15, -0.1) is 0 Å². The minimum absolute atomic E-state index is 0.0506. The van der Waals surface area contributed by atoms with Crippen LogP contribution in [0.25, 0.3) is 0 Å². The number of carbonyl (C=O) groups excluding carboxylic acids is 1. The summed E-state index contributed by atoms with van der Waals surface area (Å²) in [5.74, 6) is -1.10. The van der Waals surface area contributed by atoms with Gasteiger partial charge in [-0.2, -0.15) is 0 Å². The summed E-state index contributed by atoms with van der Waals surface area (Å²) in [7, 11) is 0. The molecule has 1 aliphatic carbocycles. The number of ether oxygens (including phenoxy) is 1. The molecule has 1 amide bonds. The van der Waals surface area contributed by atoms with Crippen LogP contribution in [-0.2, 0) is 4.79 Å². The lowest BCUT2D eigenvalue weighted by Crippen LogP contribution is -2.32. The molecule has 1 aliphatic rings. The zero-order chi connectivity index (χ0) is 18.5. The van der Waals surface area contributed by atoms with E-state index in [1.165, 1.54) is 18.9 Å². The van der Waals surface area contributed by atoms with E-state index >= 15 is 0 Å². The third-order valence-corrected chi connectivity index (χ3v) is 4.42. The van der Waals surface area contributed by atoms with Crippen molar-refractivity contribution >= 4 is 17.3 Å². The van der Waals surface area contributed by atoms with E-state index in [9.17, 15) is 13.6 Å². The number of rotatable bonds is 6. The number of benzene rings is 2. The van der Waals surface area contributed by atoms with E-state index in [1.54, 1.807) is 6.92 Å². The fraction of sp³-hybridized carbons (Fsp3) is 0.350. The molecule has 2 aromatic rings. The highest BCUT2D eigenvalue weighted by Gasteiger charge is 2.17. The van der Waals surface area contributed by atoms with Crippen LogP contribution in [0.15, 0.2) is 42.5 Å². The maximum atomic E-state index is 13.6. The number of hydrogen-bond acceptors (Lipinski definition) is 3. The maximum Gasteiger partial charge on any atom is 0.246 e. The Morgan fingerprint density at radius 1 is 1.12 bits per heavy atom. The van der Waals surface area contributed by atoms with Crippen LogP contribution in [0.3, 0.4) is 0 Å². The van der Waals surface area contributed by atoms with Gasteiger partial charge in [0.2, 0.25) is 5.91 Å². The molecule has 1 fully saturated rings. The molecule has 2 N–H and O–H groups in total. The molecule has 0 heterocycles. The highest BCUT2D eigenvalue weighted by Crippen LogP contribution is 2.25. The van der Waals surface area contributed by atoms with Crippen molar-refractivity contribution in [3.63, 3.8) is 0 Å². The SMILES string of the molecule is CC(Nc1ccc(OC2CCCC2)cc1)C(=O)Nc1ccc(F)cc1F. The molecule has 0 saturated heterocycles. The Morgan fingerprint density at radius 2 is 1.81 bits per heavy atom. The number of hydrogen-bond donors (Lipinski definition) is 2. The van der Waals surface area contributed by atoms with Gasteiger partial charge < -0.3 is 15.4 Å². The first-order chi connectivity index (χ1) is 12.5. The predicted octanol–water partition coefficient (Wildman–Crippen LogP) is 4.73. The monoisotopic (exact) mass is 360 g/mol. The third kappa shape index (κ3) is 4.71. The van der Waals surface area contributed by atoms with Crippen molar-refractivity contribution in [1.82, 2.24) is 0 Å². The Kier molecular flexibility index (Phi) is 5.71. The molecule has 138 valence electrons.